The van der Waals surface area contributed by atoms with Crippen molar-refractivity contribution in [1.82, 2.24) is 5.32 Å². The van der Waals surface area contributed by atoms with Gasteiger partial charge in [-0.3, -0.25) is 0 Å². The van der Waals surface area contributed by atoms with Gasteiger partial charge in [-0.2, -0.15) is 0 Å². The van der Waals surface area contributed by atoms with Crippen LogP contribution in [0.5, 0.6) is 0 Å². The highest BCUT2D eigenvalue weighted by molar-refractivity contribution is 9.10. The van der Waals surface area contributed by atoms with Crippen LogP contribution in [-0.4, -0.2) is 0 Å². The lowest BCUT2D eigenvalue weighted by Gasteiger charge is -2.25. The Morgan fingerprint density at radius 3 is 2.00 bits per heavy atom. The van der Waals surface area contributed by atoms with Crippen LogP contribution in [0, 0.1) is 0 Å². The molecule has 0 fully saturated rings. The number of rotatable bonds is 6. The molecular formula is C18H21Br2N. The van der Waals surface area contributed by atoms with Crippen LogP contribution in [0.1, 0.15) is 49.9 Å². The van der Waals surface area contributed by atoms with Crippen molar-refractivity contribution in [1.29, 1.82) is 0 Å². The molecule has 0 saturated carbocycles. The molecule has 112 valence electrons. The minimum atomic E-state index is 0.371. The molecule has 0 saturated heterocycles. The molecule has 2 atom stereocenters. The van der Waals surface area contributed by atoms with Gasteiger partial charge in [0.2, 0.25) is 0 Å². The predicted octanol–water partition coefficient (Wildman–Crippen LogP) is 6.40. The van der Waals surface area contributed by atoms with Crippen molar-refractivity contribution in [3.63, 3.8) is 0 Å². The maximum absolute atomic E-state index is 3.80. The van der Waals surface area contributed by atoms with Gasteiger partial charge in [-0.1, -0.05) is 70.0 Å². The van der Waals surface area contributed by atoms with Crippen LogP contribution < -0.4 is 5.32 Å². The number of halogens is 2. The van der Waals surface area contributed by atoms with E-state index in [1.165, 1.54) is 11.1 Å². The van der Waals surface area contributed by atoms with E-state index in [1.54, 1.807) is 0 Å². The Balaban J connectivity index is 2.17. The standard InChI is InChI=1S/C18H21Br2N/c1-3-17(13-8-10-15(19)11-9-13)21-18(4-2)14-6-5-7-16(20)12-14/h5-12,17-18,21H,3-4H2,1-2H3. The summed E-state index contributed by atoms with van der Waals surface area (Å²) >= 11 is 7.06. The van der Waals surface area contributed by atoms with Crippen LogP contribution >= 0.6 is 31.9 Å². The maximum atomic E-state index is 3.80. The minimum Gasteiger partial charge on any atom is -0.303 e. The van der Waals surface area contributed by atoms with E-state index in [0.29, 0.717) is 12.1 Å². The zero-order valence-corrected chi connectivity index (χ0v) is 15.6. The molecule has 3 heteroatoms. The van der Waals surface area contributed by atoms with Crippen LogP contribution in [0.15, 0.2) is 57.5 Å². The van der Waals surface area contributed by atoms with E-state index in [0.717, 1.165) is 21.8 Å². The van der Waals surface area contributed by atoms with Crippen molar-refractivity contribution in [3.8, 4) is 0 Å². The Morgan fingerprint density at radius 1 is 0.810 bits per heavy atom. The second-order valence-electron chi connectivity index (χ2n) is 5.19. The molecule has 2 aromatic rings. The molecule has 0 radical (unpaired) electrons. The largest absolute Gasteiger partial charge is 0.303 e. The smallest absolute Gasteiger partial charge is 0.0323 e. The first-order valence-corrected chi connectivity index (χ1v) is 8.99. The summed E-state index contributed by atoms with van der Waals surface area (Å²) in [5.74, 6) is 0. The first-order valence-electron chi connectivity index (χ1n) is 7.41. The Bertz CT molecular complexity index is 566. The van der Waals surface area contributed by atoms with Crippen molar-refractivity contribution in [3.05, 3.63) is 68.6 Å². The van der Waals surface area contributed by atoms with E-state index in [9.17, 15) is 0 Å². The van der Waals surface area contributed by atoms with Crippen LogP contribution in [0.25, 0.3) is 0 Å². The van der Waals surface area contributed by atoms with E-state index in [1.807, 2.05) is 0 Å². The highest BCUT2D eigenvalue weighted by Crippen LogP contribution is 2.26. The first-order chi connectivity index (χ1) is 10.1. The summed E-state index contributed by atoms with van der Waals surface area (Å²) in [6.07, 6.45) is 2.15. The van der Waals surface area contributed by atoms with Crippen molar-refractivity contribution in [2.45, 2.75) is 38.8 Å². The quantitative estimate of drug-likeness (QED) is 0.580. The molecule has 0 heterocycles. The summed E-state index contributed by atoms with van der Waals surface area (Å²) in [5.41, 5.74) is 2.68. The van der Waals surface area contributed by atoms with Gasteiger partial charge in [0, 0.05) is 21.0 Å². The van der Waals surface area contributed by atoms with E-state index in [2.05, 4.69) is 99.6 Å². The van der Waals surface area contributed by atoms with Crippen molar-refractivity contribution in [2.24, 2.45) is 0 Å². The predicted molar refractivity (Wildman–Crippen MR) is 97.5 cm³/mol. The van der Waals surface area contributed by atoms with Gasteiger partial charge in [0.25, 0.3) is 0 Å². The van der Waals surface area contributed by atoms with E-state index in [4.69, 9.17) is 0 Å². The zero-order chi connectivity index (χ0) is 15.2. The Morgan fingerprint density at radius 2 is 1.43 bits per heavy atom. The fourth-order valence-corrected chi connectivity index (χ4v) is 3.24. The van der Waals surface area contributed by atoms with Crippen LogP contribution in [-0.2, 0) is 0 Å². The molecule has 1 nitrogen and oxygen atoms in total. The summed E-state index contributed by atoms with van der Waals surface area (Å²) in [7, 11) is 0. The van der Waals surface area contributed by atoms with Crippen LogP contribution in [0.2, 0.25) is 0 Å². The van der Waals surface area contributed by atoms with Gasteiger partial charge in [-0.05, 0) is 48.2 Å². The van der Waals surface area contributed by atoms with Crippen molar-refractivity contribution >= 4 is 31.9 Å². The number of hydrogen-bond acceptors (Lipinski definition) is 1. The molecule has 0 amide bonds. The highest BCUT2D eigenvalue weighted by Gasteiger charge is 2.16. The molecule has 2 unspecified atom stereocenters. The molecule has 0 bridgehead atoms. The lowest BCUT2D eigenvalue weighted by molar-refractivity contribution is 0.426. The van der Waals surface area contributed by atoms with Gasteiger partial charge in [0.1, 0.15) is 0 Å². The van der Waals surface area contributed by atoms with Crippen LogP contribution in [0.3, 0.4) is 0 Å². The molecule has 1 N–H and O–H groups in total. The summed E-state index contributed by atoms with van der Waals surface area (Å²) in [5, 5.41) is 3.80. The van der Waals surface area contributed by atoms with Gasteiger partial charge in [-0.15, -0.1) is 0 Å². The monoisotopic (exact) mass is 409 g/mol. The first kappa shape index (κ1) is 16.7. The van der Waals surface area contributed by atoms with Crippen molar-refractivity contribution < 1.29 is 0 Å². The van der Waals surface area contributed by atoms with Gasteiger partial charge in [-0.25, -0.2) is 0 Å². The second kappa shape index (κ2) is 8.11. The summed E-state index contributed by atoms with van der Waals surface area (Å²) in [4.78, 5) is 0. The third-order valence-electron chi connectivity index (χ3n) is 3.74. The molecule has 0 aliphatic carbocycles. The average Bonchev–Trinajstić information content (AvgIpc) is 2.50. The molecule has 0 spiro atoms. The van der Waals surface area contributed by atoms with E-state index < -0.39 is 0 Å². The molecule has 21 heavy (non-hydrogen) atoms. The zero-order valence-electron chi connectivity index (χ0n) is 12.4. The van der Waals surface area contributed by atoms with Crippen LogP contribution in [0.4, 0.5) is 0 Å². The SMILES string of the molecule is CCC(NC(CC)c1cccc(Br)c1)c1ccc(Br)cc1. The summed E-state index contributed by atoms with van der Waals surface area (Å²) in [6, 6.07) is 17.9. The minimum absolute atomic E-state index is 0.371. The van der Waals surface area contributed by atoms with Gasteiger partial charge in [0.05, 0.1) is 0 Å². The second-order valence-corrected chi connectivity index (χ2v) is 7.03. The Kier molecular flexibility index (Phi) is 6.46. The molecule has 2 rings (SSSR count). The van der Waals surface area contributed by atoms with E-state index in [-0.39, 0.29) is 0 Å². The van der Waals surface area contributed by atoms with Gasteiger partial charge in [0.15, 0.2) is 0 Å². The topological polar surface area (TPSA) is 12.0 Å². The fraction of sp³-hybridized carbons (Fsp3) is 0.333. The van der Waals surface area contributed by atoms with Gasteiger partial charge >= 0.3 is 0 Å². The third kappa shape index (κ3) is 4.67. The summed E-state index contributed by atoms with van der Waals surface area (Å²) < 4.78 is 2.26. The highest BCUT2D eigenvalue weighted by atomic mass is 79.9. The molecule has 0 aromatic heterocycles. The molecule has 0 aliphatic rings. The molecule has 0 aliphatic heterocycles. The fourth-order valence-electron chi connectivity index (χ4n) is 2.56. The number of benzene rings is 2. The number of nitrogens with one attached hydrogen (secondary N) is 1. The molecular weight excluding hydrogens is 390 g/mol. The molecule has 2 aromatic carbocycles. The lowest BCUT2D eigenvalue weighted by Crippen LogP contribution is -2.25. The maximum Gasteiger partial charge on any atom is 0.0323 e. The summed E-state index contributed by atoms with van der Waals surface area (Å²) in [6.45, 7) is 4.46. The van der Waals surface area contributed by atoms with E-state index >= 15 is 0 Å². The normalized spacial score (nSPS) is 13.9. The van der Waals surface area contributed by atoms with Crippen molar-refractivity contribution in [2.75, 3.05) is 0 Å². The number of hydrogen-bond donors (Lipinski definition) is 1. The van der Waals surface area contributed by atoms with Gasteiger partial charge < -0.3 is 5.32 Å². The third-order valence-corrected chi connectivity index (χ3v) is 4.76. The lowest BCUT2D eigenvalue weighted by atomic mass is 9.99. The Labute approximate surface area is 144 Å². The Hall–Kier alpha value is -0.640. The average molecular weight is 411 g/mol.